The summed E-state index contributed by atoms with van der Waals surface area (Å²) in [6.45, 7) is 1.02. The molecule has 0 amide bonds. The number of rotatable bonds is 3. The number of nitrogen functional groups attached to an aromatic ring is 1. The Bertz CT molecular complexity index is 519. The third-order valence-electron chi connectivity index (χ3n) is 3.73. The Balaban J connectivity index is 1.99. The number of hydrogen-bond acceptors (Lipinski definition) is 2. The van der Waals surface area contributed by atoms with Crippen LogP contribution in [0.2, 0.25) is 0 Å². The Hall–Kier alpha value is -1.63. The largest absolute Gasteiger partial charge is 0.391 e. The zero-order valence-electron chi connectivity index (χ0n) is 11.4. The fourth-order valence-electron chi connectivity index (χ4n) is 2.57. The van der Waals surface area contributed by atoms with Gasteiger partial charge >= 0.3 is 6.18 Å². The molecule has 1 aliphatic heterocycles. The highest BCUT2D eigenvalue weighted by Gasteiger charge is 2.40. The zero-order valence-corrected chi connectivity index (χ0v) is 11.4. The van der Waals surface area contributed by atoms with Crippen molar-refractivity contribution in [3.63, 3.8) is 0 Å². The molecule has 1 fully saturated rings. The van der Waals surface area contributed by atoms with Crippen molar-refractivity contribution in [2.75, 3.05) is 13.1 Å². The van der Waals surface area contributed by atoms with Gasteiger partial charge in [-0.3, -0.25) is 10.3 Å². The van der Waals surface area contributed by atoms with E-state index in [0.717, 1.165) is 0 Å². The van der Waals surface area contributed by atoms with Crippen LogP contribution in [0.3, 0.4) is 0 Å². The predicted octanol–water partition coefficient (Wildman–Crippen LogP) is 2.88. The maximum absolute atomic E-state index is 13.4. The lowest BCUT2D eigenvalue weighted by atomic mass is 9.96. The Morgan fingerprint density at radius 1 is 1.24 bits per heavy atom. The van der Waals surface area contributed by atoms with Crippen molar-refractivity contribution in [2.45, 2.75) is 25.6 Å². The van der Waals surface area contributed by atoms with Gasteiger partial charge in [0.15, 0.2) is 0 Å². The molecule has 116 valence electrons. The minimum Gasteiger partial charge on any atom is -0.384 e. The van der Waals surface area contributed by atoms with E-state index >= 15 is 0 Å². The first-order valence-electron chi connectivity index (χ1n) is 6.68. The minimum absolute atomic E-state index is 0.0678. The molecular weight excluding hydrogens is 286 g/mol. The van der Waals surface area contributed by atoms with Crippen molar-refractivity contribution in [3.05, 3.63) is 35.1 Å². The van der Waals surface area contributed by atoms with Crippen molar-refractivity contribution in [2.24, 2.45) is 11.7 Å². The molecule has 3 N–H and O–H groups in total. The van der Waals surface area contributed by atoms with Gasteiger partial charge in [-0.25, -0.2) is 4.39 Å². The summed E-state index contributed by atoms with van der Waals surface area (Å²) in [6, 6.07) is 4.09. The number of likely N-dealkylation sites (tertiary alicyclic amines) is 1. The molecule has 0 spiro atoms. The van der Waals surface area contributed by atoms with Gasteiger partial charge in [0.05, 0.1) is 5.92 Å². The number of amidine groups is 1. The van der Waals surface area contributed by atoms with Crippen molar-refractivity contribution >= 4 is 5.84 Å². The van der Waals surface area contributed by atoms with Crippen molar-refractivity contribution in [3.8, 4) is 0 Å². The van der Waals surface area contributed by atoms with Crippen LogP contribution in [-0.4, -0.2) is 30.0 Å². The fraction of sp³-hybridized carbons (Fsp3) is 0.500. The quantitative estimate of drug-likeness (QED) is 0.512. The maximum atomic E-state index is 13.4. The van der Waals surface area contributed by atoms with E-state index in [0.29, 0.717) is 25.2 Å². The van der Waals surface area contributed by atoms with Crippen molar-refractivity contribution < 1.29 is 17.6 Å². The molecule has 1 aromatic rings. The molecule has 1 saturated heterocycles. The van der Waals surface area contributed by atoms with Gasteiger partial charge in [0.1, 0.15) is 11.7 Å². The summed E-state index contributed by atoms with van der Waals surface area (Å²) >= 11 is 0. The van der Waals surface area contributed by atoms with E-state index in [2.05, 4.69) is 0 Å². The van der Waals surface area contributed by atoms with Gasteiger partial charge in [-0.05, 0) is 49.7 Å². The molecule has 2 rings (SSSR count). The third-order valence-corrected chi connectivity index (χ3v) is 3.73. The van der Waals surface area contributed by atoms with Gasteiger partial charge in [-0.2, -0.15) is 13.2 Å². The lowest BCUT2D eigenvalue weighted by Crippen LogP contribution is -2.38. The van der Waals surface area contributed by atoms with E-state index in [1.807, 2.05) is 4.90 Å². The van der Waals surface area contributed by atoms with Crippen LogP contribution in [0.25, 0.3) is 0 Å². The highest BCUT2D eigenvalue weighted by atomic mass is 19.4. The maximum Gasteiger partial charge on any atom is 0.391 e. The molecule has 1 aromatic carbocycles. The summed E-state index contributed by atoms with van der Waals surface area (Å²) in [4.78, 5) is 1.86. The average Bonchev–Trinajstić information content (AvgIpc) is 2.37. The normalized spacial score (nSPS) is 17.9. The molecule has 0 bridgehead atoms. The lowest BCUT2D eigenvalue weighted by Gasteiger charge is -2.32. The van der Waals surface area contributed by atoms with E-state index in [4.69, 9.17) is 11.1 Å². The van der Waals surface area contributed by atoms with Crippen molar-refractivity contribution in [1.82, 2.24) is 4.90 Å². The summed E-state index contributed by atoms with van der Waals surface area (Å²) in [5.74, 6) is -1.97. The lowest BCUT2D eigenvalue weighted by molar-refractivity contribution is -0.185. The summed E-state index contributed by atoms with van der Waals surface area (Å²) in [5, 5.41) is 7.32. The second-order valence-electron chi connectivity index (χ2n) is 5.35. The first-order chi connectivity index (χ1) is 9.75. The number of nitrogens with one attached hydrogen (secondary N) is 1. The average molecular weight is 303 g/mol. The zero-order chi connectivity index (χ0) is 15.6. The summed E-state index contributed by atoms with van der Waals surface area (Å²) in [5.41, 5.74) is 6.23. The number of alkyl halides is 3. The van der Waals surface area contributed by atoms with Crippen LogP contribution in [-0.2, 0) is 6.54 Å². The topological polar surface area (TPSA) is 53.1 Å². The van der Waals surface area contributed by atoms with Crippen LogP contribution >= 0.6 is 0 Å². The number of halogens is 4. The Kier molecular flexibility index (Phi) is 4.51. The van der Waals surface area contributed by atoms with Crippen molar-refractivity contribution in [1.29, 1.82) is 5.41 Å². The number of hydrogen-bond donors (Lipinski definition) is 2. The number of nitrogens with two attached hydrogens (primary N) is 1. The molecule has 0 saturated carbocycles. The van der Waals surface area contributed by atoms with E-state index in [-0.39, 0.29) is 24.2 Å². The summed E-state index contributed by atoms with van der Waals surface area (Å²) in [6.07, 6.45) is -4.00. The SMILES string of the molecule is N=C(N)c1cc(F)cc(CN2CCC(C(F)(F)F)CC2)c1. The molecule has 0 unspecified atom stereocenters. The smallest absolute Gasteiger partial charge is 0.384 e. The third kappa shape index (κ3) is 4.17. The molecular formula is C14H17F4N3. The highest BCUT2D eigenvalue weighted by Crippen LogP contribution is 2.34. The minimum atomic E-state index is -4.13. The van der Waals surface area contributed by atoms with Crippen LogP contribution in [0.4, 0.5) is 17.6 Å². The van der Waals surface area contributed by atoms with Crippen LogP contribution < -0.4 is 5.73 Å². The van der Waals surface area contributed by atoms with E-state index in [1.165, 1.54) is 12.1 Å². The molecule has 1 aliphatic rings. The molecule has 0 aromatic heterocycles. The predicted molar refractivity (Wildman–Crippen MR) is 71.5 cm³/mol. The van der Waals surface area contributed by atoms with Gasteiger partial charge < -0.3 is 5.73 Å². The first-order valence-corrected chi connectivity index (χ1v) is 6.68. The Labute approximate surface area is 120 Å². The summed E-state index contributed by atoms with van der Waals surface area (Å²) < 4.78 is 51.2. The monoisotopic (exact) mass is 303 g/mol. The first kappa shape index (κ1) is 15.8. The molecule has 1 heterocycles. The van der Waals surface area contributed by atoms with E-state index in [9.17, 15) is 17.6 Å². The molecule has 7 heteroatoms. The molecule has 3 nitrogen and oxygen atoms in total. The molecule has 0 aliphatic carbocycles. The Morgan fingerprint density at radius 3 is 2.38 bits per heavy atom. The second-order valence-corrected chi connectivity index (χ2v) is 5.35. The van der Waals surface area contributed by atoms with Crippen LogP contribution in [0.5, 0.6) is 0 Å². The molecule has 0 radical (unpaired) electrons. The van der Waals surface area contributed by atoms with Gasteiger partial charge in [0.25, 0.3) is 0 Å². The number of nitrogens with zero attached hydrogens (tertiary/aromatic N) is 1. The molecule has 0 atom stereocenters. The van der Waals surface area contributed by atoms with Gasteiger partial charge in [0, 0.05) is 12.1 Å². The Morgan fingerprint density at radius 2 is 1.86 bits per heavy atom. The summed E-state index contributed by atoms with van der Waals surface area (Å²) in [7, 11) is 0. The van der Waals surface area contributed by atoms with Gasteiger partial charge in [0.2, 0.25) is 0 Å². The fourth-order valence-corrected chi connectivity index (χ4v) is 2.57. The second kappa shape index (κ2) is 6.01. The van der Waals surface area contributed by atoms with Gasteiger partial charge in [-0.15, -0.1) is 0 Å². The van der Waals surface area contributed by atoms with Crippen LogP contribution in [0, 0.1) is 17.1 Å². The van der Waals surface area contributed by atoms with E-state index in [1.54, 1.807) is 6.07 Å². The molecule has 21 heavy (non-hydrogen) atoms. The number of benzene rings is 1. The standard InChI is InChI=1S/C14H17F4N3/c15-12-6-9(5-10(7-12)13(19)20)8-21-3-1-11(2-4-21)14(16,17)18/h5-7,11H,1-4,8H2,(H3,19,20). The van der Waals surface area contributed by atoms with Crippen LogP contribution in [0.15, 0.2) is 18.2 Å². The number of piperidine rings is 1. The highest BCUT2D eigenvalue weighted by molar-refractivity contribution is 5.95. The van der Waals surface area contributed by atoms with Gasteiger partial charge in [-0.1, -0.05) is 0 Å². The van der Waals surface area contributed by atoms with E-state index < -0.39 is 17.9 Å². The van der Waals surface area contributed by atoms with Crippen LogP contribution in [0.1, 0.15) is 24.0 Å².